The van der Waals surface area contributed by atoms with Crippen LogP contribution in [0.15, 0.2) is 65.3 Å². The fraction of sp³-hybridized carbons (Fsp3) is 0.105. The molecule has 2 aromatic carbocycles. The summed E-state index contributed by atoms with van der Waals surface area (Å²) in [5, 5.41) is 5.49. The summed E-state index contributed by atoms with van der Waals surface area (Å²) in [4.78, 5) is 27.5. The third-order valence-corrected chi connectivity index (χ3v) is 3.46. The first-order valence-electron chi connectivity index (χ1n) is 7.77. The average molecular weight is 335 g/mol. The molecular formula is C19H17N3O3. The van der Waals surface area contributed by atoms with Crippen LogP contribution in [0.1, 0.15) is 23.0 Å². The average Bonchev–Trinajstić information content (AvgIpc) is 3.10. The largest absolute Gasteiger partial charge is 0.444 e. The van der Waals surface area contributed by atoms with Gasteiger partial charge in [0.25, 0.3) is 5.91 Å². The zero-order valence-electron chi connectivity index (χ0n) is 13.7. The van der Waals surface area contributed by atoms with E-state index in [0.29, 0.717) is 18.1 Å². The highest BCUT2D eigenvalue weighted by Crippen LogP contribution is 2.18. The van der Waals surface area contributed by atoms with Gasteiger partial charge in [-0.1, -0.05) is 30.3 Å². The lowest BCUT2D eigenvalue weighted by atomic mass is 10.2. The quantitative estimate of drug-likeness (QED) is 0.750. The molecule has 3 aromatic rings. The van der Waals surface area contributed by atoms with E-state index >= 15 is 0 Å². The van der Waals surface area contributed by atoms with E-state index in [0.717, 1.165) is 11.1 Å². The van der Waals surface area contributed by atoms with E-state index in [4.69, 9.17) is 4.42 Å². The van der Waals surface area contributed by atoms with E-state index in [9.17, 15) is 9.59 Å². The van der Waals surface area contributed by atoms with Crippen LogP contribution in [0.25, 0.3) is 11.5 Å². The second-order valence-electron chi connectivity index (χ2n) is 5.47. The van der Waals surface area contributed by atoms with E-state index in [2.05, 4.69) is 15.6 Å². The molecule has 25 heavy (non-hydrogen) atoms. The Kier molecular flexibility index (Phi) is 4.89. The predicted octanol–water partition coefficient (Wildman–Crippen LogP) is 3.23. The molecule has 1 aromatic heterocycles. The van der Waals surface area contributed by atoms with Crippen molar-refractivity contribution in [1.82, 2.24) is 10.3 Å². The molecule has 0 unspecified atom stereocenters. The minimum Gasteiger partial charge on any atom is -0.444 e. The molecule has 0 aliphatic rings. The van der Waals surface area contributed by atoms with Gasteiger partial charge in [-0.15, -0.1) is 0 Å². The minimum atomic E-state index is -0.323. The van der Waals surface area contributed by atoms with Gasteiger partial charge in [0.05, 0.1) is 0 Å². The minimum absolute atomic E-state index is 0.141. The van der Waals surface area contributed by atoms with Crippen molar-refractivity contribution >= 4 is 17.5 Å². The fourth-order valence-corrected chi connectivity index (χ4v) is 2.33. The summed E-state index contributed by atoms with van der Waals surface area (Å²) in [5.74, 6) is -0.0634. The van der Waals surface area contributed by atoms with Crippen molar-refractivity contribution in [2.24, 2.45) is 0 Å². The molecule has 6 nitrogen and oxygen atoms in total. The summed E-state index contributed by atoms with van der Waals surface area (Å²) >= 11 is 0. The van der Waals surface area contributed by atoms with Gasteiger partial charge in [-0.25, -0.2) is 4.98 Å². The van der Waals surface area contributed by atoms with E-state index in [1.54, 1.807) is 12.1 Å². The number of carbonyl (C=O) groups is 2. The molecule has 0 spiro atoms. The van der Waals surface area contributed by atoms with E-state index < -0.39 is 0 Å². The highest BCUT2D eigenvalue weighted by Gasteiger charge is 2.13. The molecule has 2 amide bonds. The van der Waals surface area contributed by atoms with Crippen molar-refractivity contribution < 1.29 is 14.0 Å². The Labute approximate surface area is 144 Å². The van der Waals surface area contributed by atoms with Crippen molar-refractivity contribution in [2.45, 2.75) is 13.5 Å². The van der Waals surface area contributed by atoms with Gasteiger partial charge in [0, 0.05) is 24.7 Å². The smallest absolute Gasteiger partial charge is 0.273 e. The summed E-state index contributed by atoms with van der Waals surface area (Å²) in [7, 11) is 0. The van der Waals surface area contributed by atoms with Crippen LogP contribution in [-0.2, 0) is 11.3 Å². The summed E-state index contributed by atoms with van der Waals surface area (Å²) in [5.41, 5.74) is 2.58. The standard InChI is InChI=1S/C19H17N3O3/c1-13(23)21-16-9-5-6-14(10-16)11-20-18(24)17-12-25-19(22-17)15-7-3-2-4-8-15/h2-10,12H,11H2,1H3,(H,20,24)(H,21,23). The number of hydrogen-bond donors (Lipinski definition) is 2. The lowest BCUT2D eigenvalue weighted by molar-refractivity contribution is -0.114. The Morgan fingerprint density at radius 3 is 2.64 bits per heavy atom. The lowest BCUT2D eigenvalue weighted by Gasteiger charge is -2.06. The molecule has 0 saturated heterocycles. The summed E-state index contributed by atoms with van der Waals surface area (Å²) in [6.07, 6.45) is 1.34. The van der Waals surface area contributed by atoms with Crippen LogP contribution in [0.3, 0.4) is 0 Å². The molecule has 126 valence electrons. The maximum atomic E-state index is 12.2. The number of amides is 2. The number of hydrogen-bond acceptors (Lipinski definition) is 4. The topological polar surface area (TPSA) is 84.2 Å². The third-order valence-electron chi connectivity index (χ3n) is 3.46. The summed E-state index contributed by atoms with van der Waals surface area (Å²) in [6.45, 7) is 1.77. The lowest BCUT2D eigenvalue weighted by Crippen LogP contribution is -2.23. The Hall–Kier alpha value is -3.41. The van der Waals surface area contributed by atoms with Gasteiger partial charge in [-0.2, -0.15) is 0 Å². The molecule has 3 rings (SSSR count). The van der Waals surface area contributed by atoms with E-state index in [1.807, 2.05) is 42.5 Å². The zero-order chi connectivity index (χ0) is 17.6. The summed E-state index contributed by atoms with van der Waals surface area (Å²) < 4.78 is 5.37. The number of anilines is 1. The first kappa shape index (κ1) is 16.4. The maximum absolute atomic E-state index is 12.2. The molecule has 0 aliphatic heterocycles. The molecule has 0 fully saturated rings. The van der Waals surface area contributed by atoms with Crippen LogP contribution in [0.5, 0.6) is 0 Å². The second-order valence-corrected chi connectivity index (χ2v) is 5.47. The normalized spacial score (nSPS) is 10.3. The number of nitrogens with one attached hydrogen (secondary N) is 2. The Morgan fingerprint density at radius 1 is 1.08 bits per heavy atom. The maximum Gasteiger partial charge on any atom is 0.273 e. The van der Waals surface area contributed by atoms with Gasteiger partial charge in [0.2, 0.25) is 11.8 Å². The van der Waals surface area contributed by atoms with Crippen LogP contribution >= 0.6 is 0 Å². The van der Waals surface area contributed by atoms with Crippen molar-refractivity contribution in [2.75, 3.05) is 5.32 Å². The first-order valence-corrected chi connectivity index (χ1v) is 7.77. The first-order chi connectivity index (χ1) is 12.1. The number of oxazole rings is 1. The van der Waals surface area contributed by atoms with Gasteiger partial charge in [-0.3, -0.25) is 9.59 Å². The van der Waals surface area contributed by atoms with Gasteiger partial charge in [0.15, 0.2) is 5.69 Å². The molecular weight excluding hydrogens is 318 g/mol. The molecule has 0 radical (unpaired) electrons. The van der Waals surface area contributed by atoms with Crippen LogP contribution in [0, 0.1) is 0 Å². The molecule has 0 saturated carbocycles. The Morgan fingerprint density at radius 2 is 1.88 bits per heavy atom. The SMILES string of the molecule is CC(=O)Nc1cccc(CNC(=O)c2coc(-c3ccccc3)n2)c1. The van der Waals surface area contributed by atoms with E-state index in [1.165, 1.54) is 13.2 Å². The number of benzene rings is 2. The van der Waals surface area contributed by atoms with E-state index in [-0.39, 0.29) is 17.5 Å². The molecule has 0 aliphatic carbocycles. The summed E-state index contributed by atoms with van der Waals surface area (Å²) in [6, 6.07) is 16.6. The van der Waals surface area contributed by atoms with Crippen molar-refractivity contribution in [3.8, 4) is 11.5 Å². The molecule has 6 heteroatoms. The van der Waals surface area contributed by atoms with Crippen LogP contribution in [0.4, 0.5) is 5.69 Å². The molecule has 0 bridgehead atoms. The predicted molar refractivity (Wildman–Crippen MR) is 93.9 cm³/mol. The highest BCUT2D eigenvalue weighted by molar-refractivity contribution is 5.92. The molecule has 2 N–H and O–H groups in total. The van der Waals surface area contributed by atoms with Crippen molar-refractivity contribution in [3.05, 3.63) is 72.1 Å². The molecule has 1 heterocycles. The fourth-order valence-electron chi connectivity index (χ4n) is 2.33. The van der Waals surface area contributed by atoms with Crippen molar-refractivity contribution in [1.29, 1.82) is 0 Å². The Balaban J connectivity index is 1.63. The van der Waals surface area contributed by atoms with Crippen LogP contribution in [0.2, 0.25) is 0 Å². The number of aromatic nitrogens is 1. The monoisotopic (exact) mass is 335 g/mol. The van der Waals surface area contributed by atoms with Crippen LogP contribution in [-0.4, -0.2) is 16.8 Å². The highest BCUT2D eigenvalue weighted by atomic mass is 16.3. The third kappa shape index (κ3) is 4.32. The Bertz CT molecular complexity index is 888. The van der Waals surface area contributed by atoms with Gasteiger partial charge >= 0.3 is 0 Å². The number of carbonyl (C=O) groups excluding carboxylic acids is 2. The van der Waals surface area contributed by atoms with Gasteiger partial charge in [0.1, 0.15) is 6.26 Å². The number of nitrogens with zero attached hydrogens (tertiary/aromatic N) is 1. The van der Waals surface area contributed by atoms with Gasteiger partial charge < -0.3 is 15.1 Å². The van der Waals surface area contributed by atoms with Crippen molar-refractivity contribution in [3.63, 3.8) is 0 Å². The zero-order valence-corrected chi connectivity index (χ0v) is 13.7. The number of rotatable bonds is 5. The second kappa shape index (κ2) is 7.44. The van der Waals surface area contributed by atoms with Crippen LogP contribution < -0.4 is 10.6 Å². The molecule has 0 atom stereocenters. The van der Waals surface area contributed by atoms with Gasteiger partial charge in [-0.05, 0) is 29.8 Å².